The summed E-state index contributed by atoms with van der Waals surface area (Å²) in [6.07, 6.45) is 0. The van der Waals surface area contributed by atoms with Gasteiger partial charge in [-0.15, -0.1) is 0 Å². The highest BCUT2D eigenvalue weighted by Crippen LogP contribution is 2.35. The first-order valence-electron chi connectivity index (χ1n) is 3.83. The maximum Gasteiger partial charge on any atom is 0.113 e. The molecule has 0 saturated heterocycles. The van der Waals surface area contributed by atoms with Crippen molar-refractivity contribution < 1.29 is 4.57 Å². The van der Waals surface area contributed by atoms with Gasteiger partial charge in [-0.1, -0.05) is 23.7 Å². The van der Waals surface area contributed by atoms with E-state index in [2.05, 4.69) is 0 Å². The highest BCUT2D eigenvalue weighted by molar-refractivity contribution is 7.70. The molecule has 62 valence electrons. The number of hydrogen-bond donors (Lipinski definition) is 0. The molecule has 0 aliphatic rings. The highest BCUT2D eigenvalue weighted by atomic mass is 31.2. The van der Waals surface area contributed by atoms with E-state index in [-0.39, 0.29) is 0 Å². The van der Waals surface area contributed by atoms with Gasteiger partial charge in [0.2, 0.25) is 0 Å². The van der Waals surface area contributed by atoms with Gasteiger partial charge in [-0.2, -0.15) is 0 Å². The van der Waals surface area contributed by atoms with Crippen molar-refractivity contribution in [2.24, 2.45) is 0 Å². The molecule has 0 atom stereocenters. The third-order valence-corrected chi connectivity index (χ3v) is 3.46. The molecule has 3 heteroatoms. The van der Waals surface area contributed by atoms with E-state index in [4.69, 9.17) is 7.85 Å². The summed E-state index contributed by atoms with van der Waals surface area (Å²) in [7, 11) is 3.45. The van der Waals surface area contributed by atoms with Gasteiger partial charge in [-0.05, 0) is 25.8 Å². The van der Waals surface area contributed by atoms with E-state index < -0.39 is 7.14 Å². The number of hydrogen-bond acceptors (Lipinski definition) is 1. The molecule has 0 spiro atoms. The minimum Gasteiger partial charge on any atom is -0.319 e. The largest absolute Gasteiger partial charge is 0.319 e. The van der Waals surface area contributed by atoms with Crippen molar-refractivity contribution in [1.82, 2.24) is 0 Å². The Bertz CT molecular complexity index is 340. The van der Waals surface area contributed by atoms with Crippen LogP contribution < -0.4 is 10.8 Å². The Kier molecular flexibility index (Phi) is 2.48. The first-order chi connectivity index (χ1) is 5.41. The zero-order chi connectivity index (χ0) is 9.35. The Labute approximate surface area is 75.0 Å². The molecule has 0 fully saturated rings. The Balaban J connectivity index is 3.28. The van der Waals surface area contributed by atoms with Crippen LogP contribution in [-0.2, 0) is 4.57 Å². The molecule has 0 saturated carbocycles. The summed E-state index contributed by atoms with van der Waals surface area (Å²) >= 11 is 0. The van der Waals surface area contributed by atoms with Gasteiger partial charge in [0.05, 0.1) is 0 Å². The van der Waals surface area contributed by atoms with E-state index in [0.29, 0.717) is 0 Å². The van der Waals surface area contributed by atoms with E-state index in [9.17, 15) is 4.57 Å². The molecule has 0 unspecified atom stereocenters. The van der Waals surface area contributed by atoms with Crippen LogP contribution in [0.2, 0.25) is 0 Å². The summed E-state index contributed by atoms with van der Waals surface area (Å²) in [6.45, 7) is 5.47. The molecule has 0 aliphatic carbocycles. The number of benzene rings is 1. The minimum atomic E-state index is -2.13. The van der Waals surface area contributed by atoms with Crippen LogP contribution in [0.5, 0.6) is 0 Å². The molecule has 1 nitrogen and oxygen atoms in total. The van der Waals surface area contributed by atoms with Crippen LogP contribution in [0, 0.1) is 6.92 Å². The van der Waals surface area contributed by atoms with Crippen LogP contribution in [0.4, 0.5) is 0 Å². The molecule has 0 aliphatic heterocycles. The van der Waals surface area contributed by atoms with Crippen molar-refractivity contribution in [3.05, 3.63) is 23.8 Å². The van der Waals surface area contributed by atoms with Crippen molar-refractivity contribution in [1.29, 1.82) is 0 Å². The van der Waals surface area contributed by atoms with Gasteiger partial charge in [0, 0.05) is 5.30 Å². The summed E-state index contributed by atoms with van der Waals surface area (Å²) in [5.74, 6) is 0. The summed E-state index contributed by atoms with van der Waals surface area (Å²) in [5.41, 5.74) is 1.74. The Morgan fingerprint density at radius 1 is 1.33 bits per heavy atom. The van der Waals surface area contributed by atoms with Crippen molar-refractivity contribution in [3.63, 3.8) is 0 Å². The lowest BCUT2D eigenvalue weighted by atomic mass is 9.95. The fourth-order valence-electron chi connectivity index (χ4n) is 1.28. The third-order valence-electron chi connectivity index (χ3n) is 1.80. The van der Waals surface area contributed by atoms with Gasteiger partial charge in [-0.25, -0.2) is 0 Å². The summed E-state index contributed by atoms with van der Waals surface area (Å²) < 4.78 is 11.7. The molecular weight excluding hydrogens is 166 g/mol. The predicted octanol–water partition coefficient (Wildman–Crippen LogP) is 1.04. The van der Waals surface area contributed by atoms with Gasteiger partial charge in [0.1, 0.15) is 15.0 Å². The maximum atomic E-state index is 11.7. The van der Waals surface area contributed by atoms with Crippen LogP contribution in [0.25, 0.3) is 0 Å². The van der Waals surface area contributed by atoms with Gasteiger partial charge in [-0.3, -0.25) is 0 Å². The fraction of sp³-hybridized carbons (Fsp3) is 0.333. The number of aryl methyl sites for hydroxylation is 1. The molecular formula is C9H12BOP. The monoisotopic (exact) mass is 178 g/mol. The van der Waals surface area contributed by atoms with Crippen LogP contribution in [-0.4, -0.2) is 21.2 Å². The minimum absolute atomic E-state index is 0.727. The molecule has 2 radical (unpaired) electrons. The van der Waals surface area contributed by atoms with Gasteiger partial charge in [0.25, 0.3) is 0 Å². The van der Waals surface area contributed by atoms with Crippen molar-refractivity contribution in [3.8, 4) is 0 Å². The lowest BCUT2D eigenvalue weighted by Gasteiger charge is -2.10. The summed E-state index contributed by atoms with van der Waals surface area (Å²) in [4.78, 5) is 0. The second-order valence-electron chi connectivity index (χ2n) is 3.40. The van der Waals surface area contributed by atoms with E-state index in [0.717, 1.165) is 16.3 Å². The predicted molar refractivity (Wildman–Crippen MR) is 55.7 cm³/mol. The molecule has 0 bridgehead atoms. The second kappa shape index (κ2) is 3.10. The van der Waals surface area contributed by atoms with Crippen molar-refractivity contribution >= 4 is 25.8 Å². The van der Waals surface area contributed by atoms with Crippen LogP contribution in [0.1, 0.15) is 5.56 Å². The first-order valence-corrected chi connectivity index (χ1v) is 6.43. The zero-order valence-electron chi connectivity index (χ0n) is 7.66. The second-order valence-corrected chi connectivity index (χ2v) is 6.58. The van der Waals surface area contributed by atoms with Crippen molar-refractivity contribution in [2.45, 2.75) is 6.92 Å². The molecule has 1 aromatic rings. The Morgan fingerprint density at radius 3 is 2.33 bits per heavy atom. The normalized spacial score (nSPS) is 11.6. The first kappa shape index (κ1) is 9.60. The van der Waals surface area contributed by atoms with Crippen LogP contribution in [0.3, 0.4) is 0 Å². The SMILES string of the molecule is [B]c1ccc(P(C)(C)=O)c(C)c1. The van der Waals surface area contributed by atoms with Crippen LogP contribution in [0.15, 0.2) is 18.2 Å². The topological polar surface area (TPSA) is 17.1 Å². The number of rotatable bonds is 1. The zero-order valence-corrected chi connectivity index (χ0v) is 8.56. The standard InChI is InChI=1S/C9H12BOP/c1-7-6-8(10)4-5-9(7)12(2,3)11/h4-6H,1-3H3. The molecule has 1 aromatic carbocycles. The third kappa shape index (κ3) is 2.01. The molecule has 0 heterocycles. The lowest BCUT2D eigenvalue weighted by Crippen LogP contribution is -2.13. The highest BCUT2D eigenvalue weighted by Gasteiger charge is 2.12. The van der Waals surface area contributed by atoms with Gasteiger partial charge in [0.15, 0.2) is 0 Å². The quantitative estimate of drug-likeness (QED) is 0.463. The molecule has 0 aromatic heterocycles. The summed E-state index contributed by atoms with van der Waals surface area (Å²) in [5, 5.41) is 0.928. The Morgan fingerprint density at radius 2 is 1.92 bits per heavy atom. The molecule has 1 rings (SSSR count). The van der Waals surface area contributed by atoms with Gasteiger partial charge < -0.3 is 4.57 Å². The molecule has 0 N–H and O–H groups in total. The van der Waals surface area contributed by atoms with Crippen molar-refractivity contribution in [2.75, 3.05) is 13.3 Å². The van der Waals surface area contributed by atoms with E-state index in [1.54, 1.807) is 19.4 Å². The van der Waals surface area contributed by atoms with E-state index in [1.165, 1.54) is 0 Å². The lowest BCUT2D eigenvalue weighted by molar-refractivity contribution is 0.588. The van der Waals surface area contributed by atoms with Crippen LogP contribution >= 0.6 is 7.14 Å². The van der Waals surface area contributed by atoms with E-state index >= 15 is 0 Å². The average Bonchev–Trinajstić information content (AvgIpc) is 1.83. The molecule has 12 heavy (non-hydrogen) atoms. The smallest absolute Gasteiger partial charge is 0.113 e. The maximum absolute atomic E-state index is 11.7. The van der Waals surface area contributed by atoms with E-state index in [1.807, 2.05) is 19.1 Å². The average molecular weight is 178 g/mol. The fourth-order valence-corrected chi connectivity index (χ4v) is 2.63. The molecule has 0 amide bonds. The van der Waals surface area contributed by atoms with Gasteiger partial charge >= 0.3 is 0 Å². The Hall–Kier alpha value is -0.485. The summed E-state index contributed by atoms with van der Waals surface area (Å²) in [6, 6.07) is 5.50.